The first-order valence-electron chi connectivity index (χ1n) is 7.13. The first-order valence-corrected chi connectivity index (χ1v) is 7.13. The van der Waals surface area contributed by atoms with E-state index in [1.54, 1.807) is 0 Å². The molecule has 3 rings (SSSR count). The van der Waals surface area contributed by atoms with Crippen molar-refractivity contribution in [2.24, 2.45) is 5.73 Å². The topological polar surface area (TPSA) is 128 Å². The van der Waals surface area contributed by atoms with E-state index in [1.807, 2.05) is 49.3 Å². The third-order valence-corrected chi connectivity index (χ3v) is 3.86. The van der Waals surface area contributed by atoms with E-state index < -0.39 is 17.2 Å². The highest BCUT2D eigenvalue weighted by Crippen LogP contribution is 2.38. The second-order valence-corrected chi connectivity index (χ2v) is 5.56. The molecule has 1 aromatic heterocycles. The molecule has 0 saturated carbocycles. The first-order chi connectivity index (χ1) is 11.4. The number of rotatable bonds is 2. The quantitative estimate of drug-likeness (QED) is 0.731. The predicted octanol–water partition coefficient (Wildman–Crippen LogP) is 0.347. The Hall–Kier alpha value is -3.47. The van der Waals surface area contributed by atoms with Gasteiger partial charge < -0.3 is 15.4 Å². The molecule has 4 N–H and O–H groups in total. The number of H-pyrrole nitrogens is 2. The molecule has 0 radical (unpaired) electrons. The van der Waals surface area contributed by atoms with E-state index in [0.29, 0.717) is 5.56 Å². The standard InChI is InChI=1S/C16H15N5O3/c1-21(2)9-5-3-8(4-6-9)11-10(7-17)13(18)24-15-12(11)14(22)19-16(23)20-15/h3-6,11H,18H2,1-2H3,(H2,19,20,22,23). The van der Waals surface area contributed by atoms with Gasteiger partial charge in [0.1, 0.15) is 11.6 Å². The summed E-state index contributed by atoms with van der Waals surface area (Å²) in [6.07, 6.45) is 0. The Morgan fingerprint density at radius 2 is 1.88 bits per heavy atom. The number of nitriles is 1. The van der Waals surface area contributed by atoms with Gasteiger partial charge in [-0.3, -0.25) is 14.8 Å². The molecule has 1 aliphatic rings. The number of allylic oxidation sites excluding steroid dienone is 1. The van der Waals surface area contributed by atoms with Crippen molar-refractivity contribution in [3.05, 3.63) is 67.7 Å². The van der Waals surface area contributed by atoms with E-state index in [-0.39, 0.29) is 22.9 Å². The Balaban J connectivity index is 2.24. The number of hydrogen-bond donors (Lipinski definition) is 3. The molecule has 0 saturated heterocycles. The van der Waals surface area contributed by atoms with Crippen molar-refractivity contribution in [1.29, 1.82) is 5.26 Å². The van der Waals surface area contributed by atoms with Crippen LogP contribution in [0.4, 0.5) is 5.69 Å². The minimum absolute atomic E-state index is 0.0399. The summed E-state index contributed by atoms with van der Waals surface area (Å²) >= 11 is 0. The molecule has 0 aliphatic carbocycles. The lowest BCUT2D eigenvalue weighted by atomic mass is 9.85. The highest BCUT2D eigenvalue weighted by molar-refractivity contribution is 5.55. The molecule has 0 fully saturated rings. The summed E-state index contributed by atoms with van der Waals surface area (Å²) in [5, 5.41) is 9.45. The van der Waals surface area contributed by atoms with Crippen LogP contribution in [-0.2, 0) is 0 Å². The number of nitrogens with two attached hydrogens (primary N) is 1. The number of aromatic nitrogens is 2. The number of hydrogen-bond acceptors (Lipinski definition) is 6. The number of fused-ring (bicyclic) bond motifs is 1. The van der Waals surface area contributed by atoms with Gasteiger partial charge in [0.05, 0.1) is 11.5 Å². The lowest BCUT2D eigenvalue weighted by Gasteiger charge is -2.25. The highest BCUT2D eigenvalue weighted by atomic mass is 16.5. The van der Waals surface area contributed by atoms with Crippen molar-refractivity contribution in [1.82, 2.24) is 9.97 Å². The van der Waals surface area contributed by atoms with Crippen molar-refractivity contribution in [2.45, 2.75) is 5.92 Å². The molecular weight excluding hydrogens is 310 g/mol. The third-order valence-electron chi connectivity index (χ3n) is 3.86. The third kappa shape index (κ3) is 2.42. The first kappa shape index (κ1) is 15.4. The summed E-state index contributed by atoms with van der Waals surface area (Å²) in [4.78, 5) is 30.2. The van der Waals surface area contributed by atoms with E-state index in [4.69, 9.17) is 10.5 Å². The monoisotopic (exact) mass is 325 g/mol. The van der Waals surface area contributed by atoms with Crippen LogP contribution in [0, 0.1) is 11.3 Å². The van der Waals surface area contributed by atoms with Crippen molar-refractivity contribution in [3.63, 3.8) is 0 Å². The number of nitrogens with one attached hydrogen (secondary N) is 2. The smallest absolute Gasteiger partial charge is 0.328 e. The molecule has 1 unspecified atom stereocenters. The van der Waals surface area contributed by atoms with Gasteiger partial charge in [-0.25, -0.2) is 4.79 Å². The van der Waals surface area contributed by atoms with Gasteiger partial charge in [0.2, 0.25) is 11.8 Å². The maximum absolute atomic E-state index is 12.3. The normalized spacial score (nSPS) is 16.1. The van der Waals surface area contributed by atoms with Crippen LogP contribution < -0.4 is 26.6 Å². The number of anilines is 1. The van der Waals surface area contributed by atoms with Crippen LogP contribution in [0.25, 0.3) is 0 Å². The molecule has 24 heavy (non-hydrogen) atoms. The maximum Gasteiger partial charge on any atom is 0.328 e. The van der Waals surface area contributed by atoms with Gasteiger partial charge in [0.25, 0.3) is 5.56 Å². The van der Waals surface area contributed by atoms with Crippen LogP contribution in [0.5, 0.6) is 5.88 Å². The second-order valence-electron chi connectivity index (χ2n) is 5.56. The summed E-state index contributed by atoms with van der Waals surface area (Å²) in [6.45, 7) is 0. The fraction of sp³-hybridized carbons (Fsp3) is 0.188. The van der Waals surface area contributed by atoms with Gasteiger partial charge in [-0.2, -0.15) is 5.26 Å². The van der Waals surface area contributed by atoms with E-state index >= 15 is 0 Å². The van der Waals surface area contributed by atoms with E-state index in [9.17, 15) is 14.9 Å². The number of ether oxygens (including phenoxy) is 1. The molecule has 8 nitrogen and oxygen atoms in total. The van der Waals surface area contributed by atoms with Crippen LogP contribution >= 0.6 is 0 Å². The second kappa shape index (κ2) is 5.62. The average Bonchev–Trinajstić information content (AvgIpc) is 2.53. The van der Waals surface area contributed by atoms with Crippen molar-refractivity contribution >= 4 is 5.69 Å². The number of aromatic amines is 2. The molecule has 0 bridgehead atoms. The Morgan fingerprint density at radius 3 is 2.46 bits per heavy atom. The van der Waals surface area contributed by atoms with Crippen LogP contribution in [0.3, 0.4) is 0 Å². The molecule has 1 aliphatic heterocycles. The van der Waals surface area contributed by atoms with Gasteiger partial charge in [-0.1, -0.05) is 12.1 Å². The SMILES string of the molecule is CN(C)c1ccc(C2C(C#N)=C(N)Oc3[nH]c(=O)[nH]c(=O)c32)cc1. The Morgan fingerprint density at radius 1 is 1.21 bits per heavy atom. The number of nitrogens with zero attached hydrogens (tertiary/aromatic N) is 2. The Labute approximate surface area is 136 Å². The molecule has 2 aromatic rings. The zero-order valence-corrected chi connectivity index (χ0v) is 13.1. The molecular formula is C16H15N5O3. The maximum atomic E-state index is 12.3. The highest BCUT2D eigenvalue weighted by Gasteiger charge is 2.34. The molecule has 1 aromatic carbocycles. The number of benzene rings is 1. The molecule has 2 heterocycles. The minimum Gasteiger partial charge on any atom is -0.424 e. The summed E-state index contributed by atoms with van der Waals surface area (Å²) in [5.41, 5.74) is 6.43. The fourth-order valence-corrected chi connectivity index (χ4v) is 2.69. The lowest BCUT2D eigenvalue weighted by Crippen LogP contribution is -2.33. The Bertz CT molecular complexity index is 976. The van der Waals surface area contributed by atoms with E-state index in [2.05, 4.69) is 9.97 Å². The largest absolute Gasteiger partial charge is 0.424 e. The van der Waals surface area contributed by atoms with Gasteiger partial charge in [0.15, 0.2) is 0 Å². The molecule has 8 heteroatoms. The average molecular weight is 325 g/mol. The van der Waals surface area contributed by atoms with Crippen molar-refractivity contribution in [2.75, 3.05) is 19.0 Å². The summed E-state index contributed by atoms with van der Waals surface area (Å²) in [7, 11) is 3.82. The van der Waals surface area contributed by atoms with Crippen molar-refractivity contribution < 1.29 is 4.74 Å². The van der Waals surface area contributed by atoms with Gasteiger partial charge in [-0.15, -0.1) is 0 Å². The molecule has 122 valence electrons. The van der Waals surface area contributed by atoms with Gasteiger partial charge in [-0.05, 0) is 17.7 Å². The van der Waals surface area contributed by atoms with E-state index in [1.165, 1.54) is 0 Å². The van der Waals surface area contributed by atoms with Gasteiger partial charge >= 0.3 is 5.69 Å². The van der Waals surface area contributed by atoms with Crippen molar-refractivity contribution in [3.8, 4) is 11.9 Å². The zero-order chi connectivity index (χ0) is 17.4. The zero-order valence-electron chi connectivity index (χ0n) is 13.1. The van der Waals surface area contributed by atoms with Crippen LogP contribution in [0.1, 0.15) is 17.0 Å². The lowest BCUT2D eigenvalue weighted by molar-refractivity contribution is 0.373. The van der Waals surface area contributed by atoms with Gasteiger partial charge in [0, 0.05) is 19.8 Å². The molecule has 0 amide bonds. The summed E-state index contributed by atoms with van der Waals surface area (Å²) < 4.78 is 5.26. The molecule has 0 spiro atoms. The summed E-state index contributed by atoms with van der Waals surface area (Å²) in [5.74, 6) is -0.884. The van der Waals surface area contributed by atoms with Crippen LogP contribution in [0.15, 0.2) is 45.3 Å². The molecule has 1 atom stereocenters. The Kier molecular flexibility index (Phi) is 3.62. The fourth-order valence-electron chi connectivity index (χ4n) is 2.69. The van der Waals surface area contributed by atoms with Crippen LogP contribution in [-0.4, -0.2) is 24.1 Å². The van der Waals surface area contributed by atoms with Crippen LogP contribution in [0.2, 0.25) is 0 Å². The minimum atomic E-state index is -0.712. The summed E-state index contributed by atoms with van der Waals surface area (Å²) in [6, 6.07) is 9.36. The predicted molar refractivity (Wildman–Crippen MR) is 87.7 cm³/mol. The van der Waals surface area contributed by atoms with E-state index in [0.717, 1.165) is 5.69 Å².